The zero-order valence-corrected chi connectivity index (χ0v) is 15.4. The van der Waals surface area contributed by atoms with Crippen molar-refractivity contribution >= 4 is 5.91 Å². The van der Waals surface area contributed by atoms with Crippen LogP contribution in [0.1, 0.15) is 44.2 Å². The maximum absolute atomic E-state index is 12.2. The van der Waals surface area contributed by atoms with E-state index in [2.05, 4.69) is 41.4 Å². The topological polar surface area (TPSA) is 41.6 Å². The molecule has 0 aromatic heterocycles. The minimum Gasteiger partial charge on any atom is -0.379 e. The molecule has 1 aliphatic heterocycles. The smallest absolute Gasteiger partial charge is 0.223 e. The Morgan fingerprint density at radius 3 is 2.54 bits per heavy atom. The van der Waals surface area contributed by atoms with Gasteiger partial charge in [-0.05, 0) is 58.7 Å². The van der Waals surface area contributed by atoms with Crippen molar-refractivity contribution in [3.05, 3.63) is 35.4 Å². The molecule has 4 heteroatoms. The third kappa shape index (κ3) is 6.62. The van der Waals surface area contributed by atoms with E-state index in [1.807, 2.05) is 13.8 Å². The summed E-state index contributed by atoms with van der Waals surface area (Å²) in [5, 5.41) is 3.06. The molecule has 0 bridgehead atoms. The molecule has 24 heavy (non-hydrogen) atoms. The molecule has 1 heterocycles. The Morgan fingerprint density at radius 2 is 1.92 bits per heavy atom. The molecule has 0 atom stereocenters. The van der Waals surface area contributed by atoms with Crippen LogP contribution in [0.15, 0.2) is 24.3 Å². The highest BCUT2D eigenvalue weighted by Gasteiger charge is 2.24. The second-order valence-corrected chi connectivity index (χ2v) is 7.10. The maximum atomic E-state index is 12.2. The number of aryl methyl sites for hydroxylation is 1. The second-order valence-electron chi connectivity index (χ2n) is 7.10. The van der Waals surface area contributed by atoms with Crippen molar-refractivity contribution in [3.63, 3.8) is 0 Å². The van der Waals surface area contributed by atoms with Crippen LogP contribution in [0.4, 0.5) is 0 Å². The minimum atomic E-state index is 0.172. The molecule has 1 aromatic rings. The van der Waals surface area contributed by atoms with E-state index in [0.29, 0.717) is 6.61 Å². The van der Waals surface area contributed by atoms with Gasteiger partial charge in [-0.3, -0.25) is 9.69 Å². The summed E-state index contributed by atoms with van der Waals surface area (Å²) in [5.74, 6) is 0.389. The van der Waals surface area contributed by atoms with Crippen LogP contribution in [0, 0.1) is 12.8 Å². The summed E-state index contributed by atoms with van der Waals surface area (Å²) in [7, 11) is 0. The molecule has 2 rings (SSSR count). The van der Waals surface area contributed by atoms with Gasteiger partial charge in [0.1, 0.15) is 0 Å². The van der Waals surface area contributed by atoms with Crippen LogP contribution < -0.4 is 5.32 Å². The molecular formula is C20H32N2O2. The van der Waals surface area contributed by atoms with Gasteiger partial charge in [0.2, 0.25) is 5.91 Å². The SMILES string of the molecule is Cc1ccc(CN2CCC(C(=O)NCCCOC(C)C)CC2)cc1. The Balaban J connectivity index is 1.63. The zero-order valence-electron chi connectivity index (χ0n) is 15.4. The summed E-state index contributed by atoms with van der Waals surface area (Å²) >= 11 is 0. The molecule has 1 saturated heterocycles. The highest BCUT2D eigenvalue weighted by Crippen LogP contribution is 2.19. The zero-order chi connectivity index (χ0) is 17.4. The lowest BCUT2D eigenvalue weighted by molar-refractivity contribution is -0.126. The van der Waals surface area contributed by atoms with Crippen LogP contribution >= 0.6 is 0 Å². The van der Waals surface area contributed by atoms with Gasteiger partial charge < -0.3 is 10.1 Å². The fourth-order valence-corrected chi connectivity index (χ4v) is 3.05. The van der Waals surface area contributed by atoms with Gasteiger partial charge in [0.15, 0.2) is 0 Å². The highest BCUT2D eigenvalue weighted by atomic mass is 16.5. The van der Waals surface area contributed by atoms with Crippen molar-refractivity contribution in [1.29, 1.82) is 0 Å². The molecule has 1 N–H and O–H groups in total. The van der Waals surface area contributed by atoms with Crippen LogP contribution in [0.3, 0.4) is 0 Å². The number of nitrogens with zero attached hydrogens (tertiary/aromatic N) is 1. The monoisotopic (exact) mass is 332 g/mol. The molecule has 0 radical (unpaired) electrons. The first kappa shape index (κ1) is 18.9. The number of hydrogen-bond acceptors (Lipinski definition) is 3. The van der Waals surface area contributed by atoms with Crippen LogP contribution in [0.25, 0.3) is 0 Å². The van der Waals surface area contributed by atoms with Crippen molar-refractivity contribution in [1.82, 2.24) is 10.2 Å². The average Bonchev–Trinajstić information content (AvgIpc) is 2.57. The molecule has 1 fully saturated rings. The van der Waals surface area contributed by atoms with Crippen molar-refractivity contribution in [2.24, 2.45) is 5.92 Å². The molecule has 0 spiro atoms. The minimum absolute atomic E-state index is 0.172. The number of carbonyl (C=O) groups is 1. The lowest BCUT2D eigenvalue weighted by Gasteiger charge is -2.31. The number of hydrogen-bond donors (Lipinski definition) is 1. The predicted octanol–water partition coefficient (Wildman–Crippen LogP) is 3.14. The van der Waals surface area contributed by atoms with E-state index in [1.54, 1.807) is 0 Å². The van der Waals surface area contributed by atoms with Crippen molar-refractivity contribution in [2.45, 2.75) is 52.7 Å². The van der Waals surface area contributed by atoms with Gasteiger partial charge in [0.05, 0.1) is 6.10 Å². The van der Waals surface area contributed by atoms with Crippen molar-refractivity contribution < 1.29 is 9.53 Å². The Hall–Kier alpha value is -1.39. The summed E-state index contributed by atoms with van der Waals surface area (Å²) in [4.78, 5) is 14.7. The third-order valence-corrected chi connectivity index (χ3v) is 4.56. The quantitative estimate of drug-likeness (QED) is 0.744. The molecule has 134 valence electrons. The highest BCUT2D eigenvalue weighted by molar-refractivity contribution is 5.78. The lowest BCUT2D eigenvalue weighted by Crippen LogP contribution is -2.40. The van der Waals surface area contributed by atoms with Crippen LogP contribution in [0.2, 0.25) is 0 Å². The molecule has 0 saturated carbocycles. The normalized spacial score (nSPS) is 16.5. The van der Waals surface area contributed by atoms with Crippen molar-refractivity contribution in [3.8, 4) is 0 Å². The lowest BCUT2D eigenvalue weighted by atomic mass is 9.95. The Labute approximate surface area is 146 Å². The van der Waals surface area contributed by atoms with Crippen LogP contribution in [-0.2, 0) is 16.1 Å². The molecule has 0 unspecified atom stereocenters. The van der Waals surface area contributed by atoms with Gasteiger partial charge in [0, 0.05) is 25.6 Å². The van der Waals surface area contributed by atoms with Crippen molar-refractivity contribution in [2.75, 3.05) is 26.2 Å². The number of rotatable bonds is 8. The number of likely N-dealkylation sites (tertiary alicyclic amines) is 1. The van der Waals surface area contributed by atoms with Gasteiger partial charge in [-0.1, -0.05) is 29.8 Å². The van der Waals surface area contributed by atoms with E-state index in [1.165, 1.54) is 11.1 Å². The van der Waals surface area contributed by atoms with Crippen LogP contribution in [0.5, 0.6) is 0 Å². The first-order valence-corrected chi connectivity index (χ1v) is 9.22. The Kier molecular flexibility index (Phi) is 7.73. The Morgan fingerprint density at radius 1 is 1.25 bits per heavy atom. The van der Waals surface area contributed by atoms with E-state index < -0.39 is 0 Å². The molecule has 0 aliphatic carbocycles. The summed E-state index contributed by atoms with van der Waals surface area (Å²) in [6.45, 7) is 10.6. The van der Waals surface area contributed by atoms with E-state index >= 15 is 0 Å². The van der Waals surface area contributed by atoms with Gasteiger partial charge >= 0.3 is 0 Å². The van der Waals surface area contributed by atoms with Gasteiger partial charge in [-0.15, -0.1) is 0 Å². The van der Waals surface area contributed by atoms with Gasteiger partial charge in [0.25, 0.3) is 0 Å². The average molecular weight is 332 g/mol. The van der Waals surface area contributed by atoms with E-state index in [-0.39, 0.29) is 17.9 Å². The van der Waals surface area contributed by atoms with E-state index in [9.17, 15) is 4.79 Å². The van der Waals surface area contributed by atoms with Gasteiger partial charge in [-0.25, -0.2) is 0 Å². The number of amides is 1. The number of ether oxygens (including phenoxy) is 1. The molecule has 1 aromatic carbocycles. The van der Waals surface area contributed by atoms with E-state index in [0.717, 1.165) is 45.4 Å². The summed E-state index contributed by atoms with van der Waals surface area (Å²) < 4.78 is 5.49. The largest absolute Gasteiger partial charge is 0.379 e. The predicted molar refractivity (Wildman–Crippen MR) is 97.9 cm³/mol. The maximum Gasteiger partial charge on any atom is 0.223 e. The molecule has 1 amide bonds. The summed E-state index contributed by atoms with van der Waals surface area (Å²) in [6.07, 6.45) is 3.06. The summed E-state index contributed by atoms with van der Waals surface area (Å²) in [5.41, 5.74) is 2.65. The fraction of sp³-hybridized carbons (Fsp3) is 0.650. The Bertz CT molecular complexity index is 491. The first-order chi connectivity index (χ1) is 11.5. The van der Waals surface area contributed by atoms with Crippen LogP contribution in [-0.4, -0.2) is 43.2 Å². The molecular weight excluding hydrogens is 300 g/mol. The van der Waals surface area contributed by atoms with E-state index in [4.69, 9.17) is 4.74 Å². The standard InChI is InChI=1S/C20H32N2O2/c1-16(2)24-14-4-11-21-20(23)19-9-12-22(13-10-19)15-18-7-5-17(3)6-8-18/h5-8,16,19H,4,9-15H2,1-3H3,(H,21,23). The number of nitrogens with one attached hydrogen (secondary N) is 1. The number of piperidine rings is 1. The third-order valence-electron chi connectivity index (χ3n) is 4.56. The van der Waals surface area contributed by atoms with Gasteiger partial charge in [-0.2, -0.15) is 0 Å². The fourth-order valence-electron chi connectivity index (χ4n) is 3.05. The second kappa shape index (κ2) is 9.80. The molecule has 1 aliphatic rings. The number of benzene rings is 1. The summed E-state index contributed by atoms with van der Waals surface area (Å²) in [6, 6.07) is 8.73. The molecule has 4 nitrogen and oxygen atoms in total. The first-order valence-electron chi connectivity index (χ1n) is 9.22. The number of carbonyl (C=O) groups excluding carboxylic acids is 1.